The van der Waals surface area contributed by atoms with Crippen LogP contribution in [-0.2, 0) is 9.53 Å². The fourth-order valence-corrected chi connectivity index (χ4v) is 1.99. The summed E-state index contributed by atoms with van der Waals surface area (Å²) in [5.41, 5.74) is 0.207. The number of carbonyl (C=O) groups excluding carboxylic acids is 1. The molecule has 5 nitrogen and oxygen atoms in total. The topological polar surface area (TPSA) is 65.7 Å². The number of esters is 1. The van der Waals surface area contributed by atoms with Gasteiger partial charge in [-0.1, -0.05) is 23.2 Å². The van der Waals surface area contributed by atoms with Crippen LogP contribution in [0, 0.1) is 6.92 Å². The van der Waals surface area contributed by atoms with Gasteiger partial charge < -0.3 is 13.9 Å². The van der Waals surface area contributed by atoms with Crippen LogP contribution in [0.4, 0.5) is 0 Å². The molecule has 0 aliphatic rings. The summed E-state index contributed by atoms with van der Waals surface area (Å²) in [5.74, 6) is -0.329. The molecule has 0 N–H and O–H groups in total. The number of rotatable bonds is 3. The number of hydrogen-bond donors (Lipinski definition) is 0. The van der Waals surface area contributed by atoms with Crippen LogP contribution in [0.1, 0.15) is 5.56 Å². The number of halogens is 2. The summed E-state index contributed by atoms with van der Waals surface area (Å²) in [6.07, 6.45) is 0. The number of ether oxygens (including phenoxy) is 2. The highest BCUT2D eigenvalue weighted by Gasteiger charge is 2.13. The second kappa shape index (κ2) is 5.73. The third-order valence-electron chi connectivity index (χ3n) is 2.72. The Kier molecular flexibility index (Phi) is 4.20. The van der Waals surface area contributed by atoms with Gasteiger partial charge in [0.05, 0.1) is 12.1 Å². The predicted octanol–water partition coefficient (Wildman–Crippen LogP) is 2.96. The van der Waals surface area contributed by atoms with Gasteiger partial charge in [-0.3, -0.25) is 0 Å². The van der Waals surface area contributed by atoms with Crippen molar-refractivity contribution in [1.29, 1.82) is 0 Å². The molecule has 2 aromatic rings. The first kappa shape index (κ1) is 14.7. The van der Waals surface area contributed by atoms with Crippen molar-refractivity contribution in [1.82, 2.24) is 0 Å². The summed E-state index contributed by atoms with van der Waals surface area (Å²) < 4.78 is 14.7. The first-order valence-electron chi connectivity index (χ1n) is 5.56. The highest BCUT2D eigenvalue weighted by molar-refractivity contribution is 6.33. The van der Waals surface area contributed by atoms with Crippen LogP contribution in [0.25, 0.3) is 11.0 Å². The van der Waals surface area contributed by atoms with Crippen LogP contribution >= 0.6 is 23.2 Å². The average molecular weight is 317 g/mol. The van der Waals surface area contributed by atoms with Crippen LogP contribution in [0.15, 0.2) is 21.3 Å². The Hall–Kier alpha value is -1.72. The monoisotopic (exact) mass is 316 g/mol. The van der Waals surface area contributed by atoms with Gasteiger partial charge >= 0.3 is 11.6 Å². The maximum absolute atomic E-state index is 11.5. The number of carbonyl (C=O) groups is 1. The molecule has 7 heteroatoms. The van der Waals surface area contributed by atoms with Crippen LogP contribution in [0.2, 0.25) is 10.0 Å². The summed E-state index contributed by atoms with van der Waals surface area (Å²) in [5, 5.41) is 0.885. The summed E-state index contributed by atoms with van der Waals surface area (Å²) in [6.45, 7) is 1.39. The molecule has 0 amide bonds. The van der Waals surface area contributed by atoms with Gasteiger partial charge in [-0.05, 0) is 18.6 Å². The Morgan fingerprint density at radius 1 is 1.35 bits per heavy atom. The van der Waals surface area contributed by atoms with E-state index < -0.39 is 11.6 Å². The Morgan fingerprint density at radius 2 is 2.05 bits per heavy atom. The van der Waals surface area contributed by atoms with Gasteiger partial charge in [-0.25, -0.2) is 9.59 Å². The van der Waals surface area contributed by atoms with E-state index in [0.29, 0.717) is 10.9 Å². The molecule has 0 bridgehead atoms. The molecule has 0 unspecified atom stereocenters. The Labute approximate surface area is 124 Å². The largest absolute Gasteiger partial charge is 0.480 e. The van der Waals surface area contributed by atoms with E-state index in [1.165, 1.54) is 13.2 Å². The molecule has 0 atom stereocenters. The van der Waals surface area contributed by atoms with E-state index in [-0.39, 0.29) is 28.0 Å². The fourth-order valence-electron chi connectivity index (χ4n) is 1.63. The second-order valence-electron chi connectivity index (χ2n) is 3.97. The smallest absolute Gasteiger partial charge is 0.355 e. The van der Waals surface area contributed by atoms with Crippen molar-refractivity contribution in [3.05, 3.63) is 38.2 Å². The van der Waals surface area contributed by atoms with E-state index in [0.717, 1.165) is 0 Å². The number of benzene rings is 1. The molecule has 0 fully saturated rings. The molecule has 106 valence electrons. The van der Waals surface area contributed by atoms with Gasteiger partial charge in [0.1, 0.15) is 16.4 Å². The van der Waals surface area contributed by atoms with Crippen LogP contribution in [-0.4, -0.2) is 19.7 Å². The molecular formula is C13H10Cl2O5. The molecule has 20 heavy (non-hydrogen) atoms. The summed E-state index contributed by atoms with van der Waals surface area (Å²) >= 11 is 11.9. The fraction of sp³-hybridized carbons (Fsp3) is 0.231. The molecule has 0 aliphatic heterocycles. The highest BCUT2D eigenvalue weighted by Crippen LogP contribution is 2.32. The first-order chi connectivity index (χ1) is 9.43. The number of fused-ring (bicyclic) bond motifs is 1. The van der Waals surface area contributed by atoms with E-state index in [9.17, 15) is 9.59 Å². The maximum atomic E-state index is 11.5. The lowest BCUT2D eigenvalue weighted by molar-refractivity contribution is -0.142. The van der Waals surface area contributed by atoms with Gasteiger partial charge in [0.2, 0.25) is 0 Å². The first-order valence-corrected chi connectivity index (χ1v) is 6.31. The second-order valence-corrected chi connectivity index (χ2v) is 4.76. The minimum absolute atomic E-state index is 0.0109. The molecule has 0 aliphatic carbocycles. The predicted molar refractivity (Wildman–Crippen MR) is 74.8 cm³/mol. The number of methoxy groups -OCH3 is 1. The maximum Gasteiger partial charge on any atom is 0.355 e. The standard InChI is InChI=1S/C13H10Cl2O5/c1-6-7-3-8(14)10(19-5-11(16)18-2)4-9(7)20-13(17)12(6)15/h3-4H,5H2,1-2H3. The van der Waals surface area contributed by atoms with Crippen LogP contribution in [0.5, 0.6) is 5.75 Å². The third-order valence-corrected chi connectivity index (χ3v) is 3.46. The molecule has 0 radical (unpaired) electrons. The normalized spacial score (nSPS) is 10.6. The molecule has 2 rings (SSSR count). The molecule has 0 saturated carbocycles. The lowest BCUT2D eigenvalue weighted by atomic mass is 10.1. The van der Waals surface area contributed by atoms with Gasteiger partial charge in [0.25, 0.3) is 0 Å². The minimum atomic E-state index is -0.641. The third kappa shape index (κ3) is 2.73. The van der Waals surface area contributed by atoms with E-state index >= 15 is 0 Å². The van der Waals surface area contributed by atoms with Crippen molar-refractivity contribution in [3.8, 4) is 5.75 Å². The van der Waals surface area contributed by atoms with Crippen molar-refractivity contribution in [2.45, 2.75) is 6.92 Å². The quantitative estimate of drug-likeness (QED) is 0.643. The van der Waals surface area contributed by atoms with Crippen molar-refractivity contribution in [3.63, 3.8) is 0 Å². The molecule has 1 aromatic heterocycles. The van der Waals surface area contributed by atoms with Crippen molar-refractivity contribution < 1.29 is 18.7 Å². The zero-order chi connectivity index (χ0) is 14.9. The highest BCUT2D eigenvalue weighted by atomic mass is 35.5. The van der Waals surface area contributed by atoms with Crippen LogP contribution < -0.4 is 10.4 Å². The molecule has 1 heterocycles. The Balaban J connectivity index is 2.49. The zero-order valence-corrected chi connectivity index (χ0v) is 12.2. The minimum Gasteiger partial charge on any atom is -0.480 e. The summed E-state index contributed by atoms with van der Waals surface area (Å²) in [6, 6.07) is 3.00. The van der Waals surface area contributed by atoms with E-state index in [4.69, 9.17) is 32.4 Å². The van der Waals surface area contributed by atoms with E-state index in [1.807, 2.05) is 0 Å². The lowest BCUT2D eigenvalue weighted by Crippen LogP contribution is -2.12. The summed E-state index contributed by atoms with van der Waals surface area (Å²) in [4.78, 5) is 22.5. The van der Waals surface area contributed by atoms with Gasteiger partial charge in [0, 0.05) is 11.5 Å². The number of aryl methyl sites for hydroxylation is 1. The van der Waals surface area contributed by atoms with E-state index in [1.54, 1.807) is 13.0 Å². The SMILES string of the molecule is COC(=O)COc1cc2oc(=O)c(Cl)c(C)c2cc1Cl. The molecule has 0 spiro atoms. The Bertz CT molecular complexity index is 736. The zero-order valence-electron chi connectivity index (χ0n) is 10.7. The molecular weight excluding hydrogens is 307 g/mol. The van der Waals surface area contributed by atoms with Gasteiger partial charge in [-0.2, -0.15) is 0 Å². The van der Waals surface area contributed by atoms with Gasteiger partial charge in [0.15, 0.2) is 6.61 Å². The molecule has 1 aromatic carbocycles. The van der Waals surface area contributed by atoms with Crippen LogP contribution in [0.3, 0.4) is 0 Å². The average Bonchev–Trinajstić information content (AvgIpc) is 2.43. The van der Waals surface area contributed by atoms with Gasteiger partial charge in [-0.15, -0.1) is 0 Å². The molecule has 0 saturated heterocycles. The van der Waals surface area contributed by atoms with Crippen molar-refractivity contribution >= 4 is 40.1 Å². The summed E-state index contributed by atoms with van der Waals surface area (Å²) in [7, 11) is 1.25. The van der Waals surface area contributed by atoms with Crippen molar-refractivity contribution in [2.75, 3.05) is 13.7 Å². The Morgan fingerprint density at radius 3 is 2.70 bits per heavy atom. The lowest BCUT2D eigenvalue weighted by Gasteiger charge is -2.09. The van der Waals surface area contributed by atoms with Crippen molar-refractivity contribution in [2.24, 2.45) is 0 Å². The van der Waals surface area contributed by atoms with E-state index in [2.05, 4.69) is 4.74 Å². The number of hydrogen-bond acceptors (Lipinski definition) is 5.